The van der Waals surface area contributed by atoms with E-state index in [0.717, 1.165) is 33.2 Å². The van der Waals surface area contributed by atoms with Gasteiger partial charge in [-0.2, -0.15) is 10.5 Å². The van der Waals surface area contributed by atoms with E-state index in [1.54, 1.807) is 12.2 Å². The topological polar surface area (TPSA) is 105 Å². The Morgan fingerprint density at radius 1 is 0.625 bits per heavy atom. The normalized spacial score (nSPS) is 12.1. The Balaban J connectivity index is 1.43. The summed E-state index contributed by atoms with van der Waals surface area (Å²) in [6.07, 6.45) is 3.57. The van der Waals surface area contributed by atoms with Gasteiger partial charge in [-0.15, -0.1) is 0 Å². The van der Waals surface area contributed by atoms with E-state index in [-0.39, 0.29) is 0 Å². The van der Waals surface area contributed by atoms with Crippen molar-refractivity contribution in [3.05, 3.63) is 95.6 Å². The zero-order valence-electron chi connectivity index (χ0n) is 16.9. The van der Waals surface area contributed by atoms with Gasteiger partial charge in [0, 0.05) is 0 Å². The molecule has 0 saturated heterocycles. The predicted octanol–water partition coefficient (Wildman–Crippen LogP) is 5.57. The van der Waals surface area contributed by atoms with Crippen molar-refractivity contribution in [1.29, 1.82) is 10.5 Å². The largest absolute Gasteiger partial charge is 0.337 e. The third-order valence-corrected chi connectivity index (χ3v) is 5.09. The third kappa shape index (κ3) is 3.65. The fraction of sp³-hybridized carbons (Fsp3) is 0. The van der Waals surface area contributed by atoms with Gasteiger partial charge in [-0.05, 0) is 47.5 Å². The summed E-state index contributed by atoms with van der Waals surface area (Å²) in [7, 11) is 0. The van der Waals surface area contributed by atoms with E-state index in [1.165, 1.54) is 0 Å². The maximum absolute atomic E-state index is 9.62. The Labute approximate surface area is 183 Å². The molecular weight excluding hydrogens is 396 g/mol. The molecule has 150 valence electrons. The highest BCUT2D eigenvalue weighted by atomic mass is 14.9. The summed E-state index contributed by atoms with van der Waals surface area (Å²) < 4.78 is 0. The van der Waals surface area contributed by atoms with E-state index < -0.39 is 0 Å². The molecule has 0 aliphatic heterocycles. The molecule has 0 saturated carbocycles. The van der Waals surface area contributed by atoms with Crippen LogP contribution in [-0.2, 0) is 0 Å². The molecule has 0 aliphatic rings. The number of hydrogen-bond donors (Lipinski definition) is 2. The maximum atomic E-state index is 9.62. The average molecular weight is 412 g/mol. The lowest BCUT2D eigenvalue weighted by molar-refractivity contribution is 1.27. The van der Waals surface area contributed by atoms with Gasteiger partial charge in [-0.25, -0.2) is 9.97 Å². The van der Waals surface area contributed by atoms with Gasteiger partial charge in [0.1, 0.15) is 23.8 Å². The number of aromatic nitrogens is 4. The van der Waals surface area contributed by atoms with E-state index in [1.807, 2.05) is 72.8 Å². The van der Waals surface area contributed by atoms with Crippen molar-refractivity contribution < 1.29 is 0 Å². The third-order valence-electron chi connectivity index (χ3n) is 5.09. The number of benzene rings is 3. The zero-order chi connectivity index (χ0) is 21.9. The molecule has 5 aromatic rings. The number of H-pyrrole nitrogens is 2. The van der Waals surface area contributed by atoms with Crippen LogP contribution < -0.4 is 0 Å². The number of fused-ring (bicyclic) bond motifs is 2. The Morgan fingerprint density at radius 3 is 1.41 bits per heavy atom. The molecule has 0 bridgehead atoms. The molecule has 6 heteroatoms. The predicted molar refractivity (Wildman–Crippen MR) is 126 cm³/mol. The van der Waals surface area contributed by atoms with Gasteiger partial charge in [0.25, 0.3) is 0 Å². The number of aromatic amines is 2. The van der Waals surface area contributed by atoms with Crippen LogP contribution in [0, 0.1) is 22.7 Å². The molecule has 0 amide bonds. The van der Waals surface area contributed by atoms with Crippen LogP contribution in [-0.4, -0.2) is 19.9 Å². The van der Waals surface area contributed by atoms with Crippen LogP contribution in [0.2, 0.25) is 0 Å². The van der Waals surface area contributed by atoms with Gasteiger partial charge < -0.3 is 9.97 Å². The Hall–Kier alpha value is -4.94. The molecule has 2 aromatic heterocycles. The van der Waals surface area contributed by atoms with Crippen LogP contribution in [0.15, 0.2) is 72.8 Å². The first-order valence-electron chi connectivity index (χ1n) is 9.97. The lowest BCUT2D eigenvalue weighted by atomic mass is 10.1. The average Bonchev–Trinajstić information content (AvgIpc) is 3.46. The number of allylic oxidation sites excluding steroid dienone is 2. The Kier molecular flexibility index (Phi) is 4.80. The molecule has 2 N–H and O–H groups in total. The number of rotatable bonds is 4. The molecule has 0 aliphatic carbocycles. The smallest absolute Gasteiger partial charge is 0.149 e. The second-order valence-corrected chi connectivity index (χ2v) is 7.21. The number of nitriles is 2. The fourth-order valence-electron chi connectivity index (χ4n) is 3.49. The second kappa shape index (κ2) is 8.06. The van der Waals surface area contributed by atoms with Crippen molar-refractivity contribution in [2.45, 2.75) is 0 Å². The molecular formula is C26H16N6. The second-order valence-electron chi connectivity index (χ2n) is 7.21. The van der Waals surface area contributed by atoms with Gasteiger partial charge in [-0.1, -0.05) is 48.5 Å². The molecule has 6 nitrogen and oxygen atoms in total. The minimum absolute atomic E-state index is 0.449. The minimum Gasteiger partial charge on any atom is -0.337 e. The molecule has 0 unspecified atom stereocenters. The van der Waals surface area contributed by atoms with Crippen molar-refractivity contribution in [2.24, 2.45) is 0 Å². The Morgan fingerprint density at radius 2 is 1.03 bits per heavy atom. The summed E-state index contributed by atoms with van der Waals surface area (Å²) in [5, 5.41) is 19.2. The van der Waals surface area contributed by atoms with Crippen LogP contribution in [0.25, 0.3) is 45.4 Å². The molecule has 3 aromatic carbocycles. The number of nitrogens with one attached hydrogen (secondary N) is 2. The standard InChI is InChI=1S/C26H16N6/c27-15-19(25-29-21-5-1-2-6-22(21)30-25)13-17-9-11-18(12-10-17)14-20(16-28)26-31-23-7-3-4-8-24(23)32-26/h1-14H,(H,29,30)(H,31,32)/b19-13-,20-14-. The summed E-state index contributed by atoms with van der Waals surface area (Å²) in [5.41, 5.74) is 6.03. The van der Waals surface area contributed by atoms with E-state index in [4.69, 9.17) is 0 Å². The molecule has 0 radical (unpaired) electrons. The number of nitrogens with zero attached hydrogens (tertiary/aromatic N) is 4. The van der Waals surface area contributed by atoms with E-state index in [0.29, 0.717) is 22.8 Å². The molecule has 0 spiro atoms. The van der Waals surface area contributed by atoms with Crippen molar-refractivity contribution >= 4 is 45.4 Å². The summed E-state index contributed by atoms with van der Waals surface area (Å²) in [4.78, 5) is 15.4. The SMILES string of the molecule is N#C/C(=C/c1ccc(/C=C(/C#N)c2nc3ccccc3[nH]2)cc1)c1nc2ccccc2[nH]1. The zero-order valence-corrected chi connectivity index (χ0v) is 16.9. The molecule has 0 atom stereocenters. The number of hydrogen-bond acceptors (Lipinski definition) is 4. The molecule has 5 rings (SSSR count). The van der Waals surface area contributed by atoms with Crippen LogP contribution in [0.3, 0.4) is 0 Å². The van der Waals surface area contributed by atoms with Gasteiger partial charge in [0.05, 0.1) is 33.2 Å². The summed E-state index contributed by atoms with van der Waals surface area (Å²) in [6.45, 7) is 0. The quantitative estimate of drug-likeness (QED) is 0.377. The van der Waals surface area contributed by atoms with E-state index in [9.17, 15) is 10.5 Å². The van der Waals surface area contributed by atoms with Gasteiger partial charge >= 0.3 is 0 Å². The maximum Gasteiger partial charge on any atom is 0.149 e. The van der Waals surface area contributed by atoms with Crippen LogP contribution in [0.1, 0.15) is 22.8 Å². The summed E-state index contributed by atoms with van der Waals surface area (Å²) >= 11 is 0. The van der Waals surface area contributed by atoms with Crippen molar-refractivity contribution in [3.8, 4) is 12.1 Å². The molecule has 2 heterocycles. The van der Waals surface area contributed by atoms with Gasteiger partial charge in [-0.3, -0.25) is 0 Å². The van der Waals surface area contributed by atoms with Gasteiger partial charge in [0.2, 0.25) is 0 Å². The van der Waals surface area contributed by atoms with Gasteiger partial charge in [0.15, 0.2) is 0 Å². The van der Waals surface area contributed by atoms with Crippen molar-refractivity contribution in [2.75, 3.05) is 0 Å². The first kappa shape index (κ1) is 19.0. The van der Waals surface area contributed by atoms with Crippen LogP contribution in [0.4, 0.5) is 0 Å². The highest BCUT2D eigenvalue weighted by Gasteiger charge is 2.09. The fourth-order valence-corrected chi connectivity index (χ4v) is 3.49. The highest BCUT2D eigenvalue weighted by molar-refractivity contribution is 5.92. The first-order chi connectivity index (χ1) is 15.7. The highest BCUT2D eigenvalue weighted by Crippen LogP contribution is 2.22. The Bertz CT molecular complexity index is 1400. The van der Waals surface area contributed by atoms with Crippen molar-refractivity contribution in [1.82, 2.24) is 19.9 Å². The van der Waals surface area contributed by atoms with Crippen LogP contribution >= 0.6 is 0 Å². The van der Waals surface area contributed by atoms with Crippen molar-refractivity contribution in [3.63, 3.8) is 0 Å². The summed E-state index contributed by atoms with van der Waals surface area (Å²) in [6, 6.07) is 27.4. The monoisotopic (exact) mass is 412 g/mol. The minimum atomic E-state index is 0.449. The molecule has 32 heavy (non-hydrogen) atoms. The number of para-hydroxylation sites is 4. The number of imidazole rings is 2. The lowest BCUT2D eigenvalue weighted by Gasteiger charge is -1.99. The summed E-state index contributed by atoms with van der Waals surface area (Å²) in [5.74, 6) is 1.07. The lowest BCUT2D eigenvalue weighted by Crippen LogP contribution is -1.86. The van der Waals surface area contributed by atoms with E-state index in [2.05, 4.69) is 32.1 Å². The first-order valence-corrected chi connectivity index (χ1v) is 9.97. The van der Waals surface area contributed by atoms with E-state index >= 15 is 0 Å². The molecule has 0 fully saturated rings. The van der Waals surface area contributed by atoms with Crippen LogP contribution in [0.5, 0.6) is 0 Å².